The zero-order chi connectivity index (χ0) is 14.0. The first kappa shape index (κ1) is 17.3. The van der Waals surface area contributed by atoms with Crippen molar-refractivity contribution < 1.29 is 9.90 Å². The second-order valence-corrected chi connectivity index (χ2v) is 6.09. The lowest BCUT2D eigenvalue weighted by Crippen LogP contribution is -2.45. The molecule has 2 unspecified atom stereocenters. The highest BCUT2D eigenvalue weighted by atomic mass is 79.9. The molecule has 20 heavy (non-hydrogen) atoms. The zero-order valence-electron chi connectivity index (χ0n) is 11.4. The van der Waals surface area contributed by atoms with E-state index < -0.39 is 0 Å². The van der Waals surface area contributed by atoms with E-state index in [1.54, 1.807) is 17.0 Å². The van der Waals surface area contributed by atoms with Crippen molar-refractivity contribution in [2.45, 2.75) is 25.8 Å². The number of halogens is 2. The van der Waals surface area contributed by atoms with E-state index in [4.69, 9.17) is 5.73 Å². The molecular weight excluding hydrogens is 344 g/mol. The lowest BCUT2D eigenvalue weighted by atomic mass is 9.92. The van der Waals surface area contributed by atoms with Gasteiger partial charge < -0.3 is 15.7 Å². The van der Waals surface area contributed by atoms with Gasteiger partial charge >= 0.3 is 0 Å². The molecule has 1 aliphatic rings. The Balaban J connectivity index is 0.00000200. The highest BCUT2D eigenvalue weighted by Gasteiger charge is 2.27. The Bertz CT molecular complexity index is 482. The Morgan fingerprint density at radius 1 is 1.55 bits per heavy atom. The van der Waals surface area contributed by atoms with Gasteiger partial charge in [-0.05, 0) is 43.9 Å². The number of hydrogen-bond acceptors (Lipinski definition) is 3. The molecule has 2 rings (SSSR count). The van der Waals surface area contributed by atoms with Crippen LogP contribution in [0.3, 0.4) is 0 Å². The summed E-state index contributed by atoms with van der Waals surface area (Å²) >= 11 is 3.32. The number of benzene rings is 1. The van der Waals surface area contributed by atoms with Crippen molar-refractivity contribution in [2.75, 3.05) is 13.1 Å². The molecule has 0 bridgehead atoms. The number of rotatable bonds is 2. The van der Waals surface area contributed by atoms with Crippen molar-refractivity contribution in [3.63, 3.8) is 0 Å². The first-order valence-electron chi connectivity index (χ1n) is 6.52. The van der Waals surface area contributed by atoms with Gasteiger partial charge in [0.1, 0.15) is 5.75 Å². The second kappa shape index (κ2) is 7.29. The van der Waals surface area contributed by atoms with E-state index in [9.17, 15) is 9.90 Å². The fourth-order valence-corrected chi connectivity index (χ4v) is 2.83. The number of likely N-dealkylation sites (tertiary alicyclic amines) is 1. The van der Waals surface area contributed by atoms with Crippen molar-refractivity contribution in [3.8, 4) is 5.75 Å². The van der Waals surface area contributed by atoms with Gasteiger partial charge in [0.25, 0.3) is 5.91 Å². The summed E-state index contributed by atoms with van der Waals surface area (Å²) in [6.45, 7) is 3.38. The first-order valence-corrected chi connectivity index (χ1v) is 7.31. The monoisotopic (exact) mass is 362 g/mol. The fourth-order valence-electron chi connectivity index (χ4n) is 2.47. The number of phenols is 1. The highest BCUT2D eigenvalue weighted by molar-refractivity contribution is 9.10. The SMILES string of the molecule is CC(N)C1CCCN(C(=O)c2cc(Br)ccc2O)C1.Cl. The van der Waals surface area contributed by atoms with E-state index in [1.807, 2.05) is 6.92 Å². The van der Waals surface area contributed by atoms with Crippen LogP contribution < -0.4 is 5.73 Å². The number of aromatic hydroxyl groups is 1. The molecule has 2 atom stereocenters. The maximum absolute atomic E-state index is 12.4. The molecule has 1 aromatic carbocycles. The minimum atomic E-state index is -0.121. The zero-order valence-corrected chi connectivity index (χ0v) is 13.8. The molecule has 0 radical (unpaired) electrons. The Hall–Kier alpha value is -0.780. The highest BCUT2D eigenvalue weighted by Crippen LogP contribution is 2.26. The Morgan fingerprint density at radius 3 is 2.90 bits per heavy atom. The Morgan fingerprint density at radius 2 is 2.25 bits per heavy atom. The summed E-state index contributed by atoms with van der Waals surface area (Å²) in [7, 11) is 0. The van der Waals surface area contributed by atoms with Crippen molar-refractivity contribution in [3.05, 3.63) is 28.2 Å². The average molecular weight is 364 g/mol. The molecule has 112 valence electrons. The minimum Gasteiger partial charge on any atom is -0.507 e. The predicted molar refractivity (Wildman–Crippen MR) is 85.3 cm³/mol. The molecule has 4 nitrogen and oxygen atoms in total. The molecule has 1 aromatic rings. The average Bonchev–Trinajstić information content (AvgIpc) is 2.41. The lowest BCUT2D eigenvalue weighted by Gasteiger charge is -2.34. The van der Waals surface area contributed by atoms with Gasteiger partial charge in [-0.15, -0.1) is 12.4 Å². The van der Waals surface area contributed by atoms with Crippen LogP contribution in [0, 0.1) is 5.92 Å². The van der Waals surface area contributed by atoms with Crippen LogP contribution in [0.15, 0.2) is 22.7 Å². The van der Waals surface area contributed by atoms with E-state index in [2.05, 4.69) is 15.9 Å². The molecule has 1 heterocycles. The van der Waals surface area contributed by atoms with Gasteiger partial charge in [0.15, 0.2) is 0 Å². The number of amides is 1. The molecule has 0 saturated carbocycles. The van der Waals surface area contributed by atoms with Crippen LogP contribution in [0.1, 0.15) is 30.1 Å². The van der Waals surface area contributed by atoms with Crippen LogP contribution in [0.5, 0.6) is 5.75 Å². The maximum Gasteiger partial charge on any atom is 0.257 e. The number of carbonyl (C=O) groups is 1. The number of nitrogens with two attached hydrogens (primary N) is 1. The third-order valence-corrected chi connectivity index (χ3v) is 4.17. The summed E-state index contributed by atoms with van der Waals surface area (Å²) in [4.78, 5) is 14.2. The summed E-state index contributed by atoms with van der Waals surface area (Å²) in [6.07, 6.45) is 2.03. The first-order chi connectivity index (χ1) is 8.99. The Kier molecular flexibility index (Phi) is 6.30. The fraction of sp³-hybridized carbons (Fsp3) is 0.500. The van der Waals surface area contributed by atoms with Gasteiger partial charge in [-0.25, -0.2) is 0 Å². The number of hydrogen-bond donors (Lipinski definition) is 2. The molecular formula is C14H20BrClN2O2. The molecule has 1 amide bonds. The summed E-state index contributed by atoms with van der Waals surface area (Å²) in [6, 6.07) is 5.00. The van der Waals surface area contributed by atoms with Gasteiger partial charge in [-0.1, -0.05) is 15.9 Å². The van der Waals surface area contributed by atoms with Gasteiger partial charge in [0.2, 0.25) is 0 Å². The van der Waals surface area contributed by atoms with Gasteiger partial charge in [-0.3, -0.25) is 4.79 Å². The molecule has 1 aliphatic heterocycles. The number of carbonyl (C=O) groups excluding carboxylic acids is 1. The van der Waals surface area contributed by atoms with Crippen LogP contribution >= 0.6 is 28.3 Å². The summed E-state index contributed by atoms with van der Waals surface area (Å²) in [5, 5.41) is 9.82. The van der Waals surface area contributed by atoms with Crippen LogP contribution in [0.4, 0.5) is 0 Å². The molecule has 0 aromatic heterocycles. The van der Waals surface area contributed by atoms with E-state index in [1.165, 1.54) is 6.07 Å². The Labute approximate surface area is 133 Å². The normalized spacial score (nSPS) is 20.1. The van der Waals surface area contributed by atoms with E-state index in [-0.39, 0.29) is 30.1 Å². The smallest absolute Gasteiger partial charge is 0.257 e. The standard InChI is InChI=1S/C14H19BrN2O2.ClH/c1-9(16)10-3-2-6-17(8-10)14(19)12-7-11(15)4-5-13(12)18;/h4-5,7,9-10,18H,2-3,6,8,16H2,1H3;1H. The molecule has 0 spiro atoms. The van der Waals surface area contributed by atoms with E-state index in [0.717, 1.165) is 23.9 Å². The minimum absolute atomic E-state index is 0. The number of piperidine rings is 1. The van der Waals surface area contributed by atoms with Gasteiger partial charge in [0.05, 0.1) is 5.56 Å². The topological polar surface area (TPSA) is 66.6 Å². The summed E-state index contributed by atoms with van der Waals surface area (Å²) in [5.74, 6) is 0.243. The van der Waals surface area contributed by atoms with Crippen molar-refractivity contribution in [1.29, 1.82) is 0 Å². The van der Waals surface area contributed by atoms with Gasteiger partial charge in [-0.2, -0.15) is 0 Å². The van der Waals surface area contributed by atoms with Crippen LogP contribution in [0.25, 0.3) is 0 Å². The molecule has 0 aliphatic carbocycles. The number of phenolic OH excluding ortho intramolecular Hbond substituents is 1. The number of nitrogens with zero attached hydrogens (tertiary/aromatic N) is 1. The molecule has 1 fully saturated rings. The third-order valence-electron chi connectivity index (χ3n) is 3.68. The summed E-state index contributed by atoms with van der Waals surface area (Å²) < 4.78 is 0.786. The molecule has 1 saturated heterocycles. The van der Waals surface area contributed by atoms with E-state index >= 15 is 0 Å². The third kappa shape index (κ3) is 3.87. The van der Waals surface area contributed by atoms with Gasteiger partial charge in [0, 0.05) is 23.6 Å². The lowest BCUT2D eigenvalue weighted by molar-refractivity contribution is 0.0658. The van der Waals surface area contributed by atoms with Crippen LogP contribution in [-0.4, -0.2) is 35.0 Å². The van der Waals surface area contributed by atoms with E-state index in [0.29, 0.717) is 18.0 Å². The van der Waals surface area contributed by atoms with Crippen LogP contribution in [0.2, 0.25) is 0 Å². The van der Waals surface area contributed by atoms with Crippen molar-refractivity contribution in [1.82, 2.24) is 4.90 Å². The summed E-state index contributed by atoms with van der Waals surface area (Å²) in [5.41, 5.74) is 6.27. The van der Waals surface area contributed by atoms with Crippen molar-refractivity contribution >= 4 is 34.2 Å². The van der Waals surface area contributed by atoms with Crippen LogP contribution in [-0.2, 0) is 0 Å². The van der Waals surface area contributed by atoms with Crippen molar-refractivity contribution in [2.24, 2.45) is 11.7 Å². The molecule has 3 N–H and O–H groups in total. The molecule has 6 heteroatoms. The predicted octanol–water partition coefficient (Wildman–Crippen LogP) is 2.78. The second-order valence-electron chi connectivity index (χ2n) is 5.17. The maximum atomic E-state index is 12.4. The quantitative estimate of drug-likeness (QED) is 0.849. The largest absolute Gasteiger partial charge is 0.507 e.